The van der Waals surface area contributed by atoms with Crippen LogP contribution in [-0.4, -0.2) is 66.3 Å². The molecule has 1 amide bonds. The second-order valence-corrected chi connectivity index (χ2v) is 3.62. The Morgan fingerprint density at radius 2 is 2.23 bits per heavy atom. The van der Waals surface area contributed by atoms with Crippen LogP contribution in [0.1, 0.15) is 0 Å². The van der Waals surface area contributed by atoms with Crippen LogP contribution in [0.15, 0.2) is 0 Å². The highest BCUT2D eigenvalue weighted by molar-refractivity contribution is 5.65. The molecule has 2 aliphatic heterocycles. The molecule has 0 spiro atoms. The maximum absolute atomic E-state index is 10.7. The van der Waals surface area contributed by atoms with E-state index in [1.54, 1.807) is 0 Å². The quantitative estimate of drug-likeness (QED) is 0.521. The third kappa shape index (κ3) is 1.76. The molecule has 5 nitrogen and oxygen atoms in total. The monoisotopic (exact) mass is 185 g/mol. The first-order valence-corrected chi connectivity index (χ1v) is 4.70. The van der Waals surface area contributed by atoms with Gasteiger partial charge in [0, 0.05) is 45.3 Å². The second-order valence-electron chi connectivity index (χ2n) is 3.62. The van der Waals surface area contributed by atoms with Crippen LogP contribution in [-0.2, 0) is 0 Å². The lowest BCUT2D eigenvalue weighted by Gasteiger charge is -2.43. The Hall–Kier alpha value is -0.810. The van der Waals surface area contributed by atoms with Crippen LogP contribution in [0.3, 0.4) is 0 Å². The zero-order chi connectivity index (χ0) is 9.26. The first-order valence-electron chi connectivity index (χ1n) is 4.70. The fourth-order valence-corrected chi connectivity index (χ4v) is 2.05. The van der Waals surface area contributed by atoms with Gasteiger partial charge in [0.25, 0.3) is 0 Å². The first kappa shape index (κ1) is 8.77. The molecular weight excluding hydrogens is 170 g/mol. The zero-order valence-corrected chi connectivity index (χ0v) is 7.57. The smallest absolute Gasteiger partial charge is 0.407 e. The molecule has 13 heavy (non-hydrogen) atoms. The summed E-state index contributed by atoms with van der Waals surface area (Å²) in [4.78, 5) is 14.6. The van der Waals surface area contributed by atoms with Crippen molar-refractivity contribution in [3.05, 3.63) is 0 Å². The summed E-state index contributed by atoms with van der Waals surface area (Å²) in [6.45, 7) is 5.21. The van der Waals surface area contributed by atoms with Crippen LogP contribution in [0.5, 0.6) is 0 Å². The summed E-state index contributed by atoms with van der Waals surface area (Å²) >= 11 is 0. The Labute approximate surface area is 77.3 Å². The number of hydrogen-bond acceptors (Lipinski definition) is 3. The number of fused-ring (bicyclic) bond motifs is 1. The van der Waals surface area contributed by atoms with E-state index >= 15 is 0 Å². The summed E-state index contributed by atoms with van der Waals surface area (Å²) in [5.41, 5.74) is 0. The molecule has 5 heteroatoms. The number of amides is 1. The lowest BCUT2D eigenvalue weighted by atomic mass is 10.1. The molecule has 2 fully saturated rings. The molecule has 0 radical (unpaired) electrons. The minimum atomic E-state index is -0.787. The highest BCUT2D eigenvalue weighted by atomic mass is 16.4. The van der Waals surface area contributed by atoms with Crippen LogP contribution < -0.4 is 5.32 Å². The van der Waals surface area contributed by atoms with E-state index in [1.807, 2.05) is 0 Å². The number of carboxylic acid groups (broad SMARTS) is 1. The largest absolute Gasteiger partial charge is 0.465 e. The van der Waals surface area contributed by atoms with Gasteiger partial charge in [-0.15, -0.1) is 0 Å². The topological polar surface area (TPSA) is 55.8 Å². The molecule has 2 saturated heterocycles. The van der Waals surface area contributed by atoms with Crippen LogP contribution in [0, 0.1) is 0 Å². The highest BCUT2D eigenvalue weighted by Crippen LogP contribution is 2.11. The Bertz CT molecular complexity index is 210. The zero-order valence-electron chi connectivity index (χ0n) is 7.57. The maximum Gasteiger partial charge on any atom is 0.407 e. The number of piperazine rings is 2. The molecular formula is C8H15N3O2. The van der Waals surface area contributed by atoms with Crippen LogP contribution >= 0.6 is 0 Å². The van der Waals surface area contributed by atoms with E-state index in [1.165, 1.54) is 4.90 Å². The van der Waals surface area contributed by atoms with Gasteiger partial charge in [-0.3, -0.25) is 4.90 Å². The molecule has 2 rings (SSSR count). The number of carbonyl (C=O) groups is 1. The van der Waals surface area contributed by atoms with E-state index in [-0.39, 0.29) is 0 Å². The van der Waals surface area contributed by atoms with Crippen LogP contribution in [0.2, 0.25) is 0 Å². The van der Waals surface area contributed by atoms with Crippen molar-refractivity contribution in [3.8, 4) is 0 Å². The molecule has 0 aliphatic carbocycles. The lowest BCUT2D eigenvalue weighted by molar-refractivity contribution is 0.0562. The normalized spacial score (nSPS) is 29.8. The van der Waals surface area contributed by atoms with Crippen molar-refractivity contribution in [2.45, 2.75) is 6.04 Å². The minimum Gasteiger partial charge on any atom is -0.465 e. The van der Waals surface area contributed by atoms with Crippen molar-refractivity contribution in [1.82, 2.24) is 15.1 Å². The van der Waals surface area contributed by atoms with Gasteiger partial charge in [0.2, 0.25) is 0 Å². The van der Waals surface area contributed by atoms with Gasteiger partial charge in [0.15, 0.2) is 0 Å². The van der Waals surface area contributed by atoms with E-state index in [2.05, 4.69) is 10.2 Å². The summed E-state index contributed by atoms with van der Waals surface area (Å²) < 4.78 is 0. The van der Waals surface area contributed by atoms with Crippen molar-refractivity contribution < 1.29 is 9.90 Å². The van der Waals surface area contributed by atoms with Gasteiger partial charge in [-0.1, -0.05) is 0 Å². The third-order valence-electron chi connectivity index (χ3n) is 2.83. The predicted octanol–water partition coefficient (Wildman–Crippen LogP) is -0.746. The maximum atomic E-state index is 10.7. The standard InChI is InChI=1S/C8H15N3O2/c12-8(13)11-4-3-10-2-1-9-5-7(10)6-11/h7,9H,1-6H2,(H,12,13). The summed E-state index contributed by atoms with van der Waals surface area (Å²) in [5.74, 6) is 0. The van der Waals surface area contributed by atoms with Gasteiger partial charge in [-0.05, 0) is 0 Å². The van der Waals surface area contributed by atoms with Gasteiger partial charge in [-0.25, -0.2) is 4.79 Å². The van der Waals surface area contributed by atoms with E-state index < -0.39 is 6.09 Å². The average molecular weight is 185 g/mol. The summed E-state index contributed by atoms with van der Waals surface area (Å²) in [7, 11) is 0. The van der Waals surface area contributed by atoms with Gasteiger partial charge in [0.1, 0.15) is 0 Å². The number of hydrogen-bond donors (Lipinski definition) is 2. The van der Waals surface area contributed by atoms with E-state index in [9.17, 15) is 4.79 Å². The molecule has 0 aromatic rings. The van der Waals surface area contributed by atoms with Crippen molar-refractivity contribution in [2.24, 2.45) is 0 Å². The Morgan fingerprint density at radius 3 is 3.00 bits per heavy atom. The molecule has 2 aliphatic rings. The van der Waals surface area contributed by atoms with E-state index in [0.29, 0.717) is 19.1 Å². The van der Waals surface area contributed by atoms with Crippen molar-refractivity contribution >= 4 is 6.09 Å². The Balaban J connectivity index is 1.95. The fraction of sp³-hybridized carbons (Fsp3) is 0.875. The molecule has 2 heterocycles. The Kier molecular flexibility index (Phi) is 2.37. The number of nitrogens with zero attached hydrogens (tertiary/aromatic N) is 2. The summed E-state index contributed by atoms with van der Waals surface area (Å²) in [6.07, 6.45) is -0.787. The average Bonchev–Trinajstić information content (AvgIpc) is 2.17. The lowest BCUT2D eigenvalue weighted by Crippen LogP contribution is -2.61. The molecule has 1 unspecified atom stereocenters. The molecule has 0 bridgehead atoms. The predicted molar refractivity (Wildman–Crippen MR) is 47.8 cm³/mol. The molecule has 0 aromatic carbocycles. The van der Waals surface area contributed by atoms with Crippen LogP contribution in [0.25, 0.3) is 0 Å². The molecule has 2 N–H and O–H groups in total. The molecule has 1 atom stereocenters. The van der Waals surface area contributed by atoms with Gasteiger partial charge in [-0.2, -0.15) is 0 Å². The molecule has 0 saturated carbocycles. The summed E-state index contributed by atoms with van der Waals surface area (Å²) in [6, 6.07) is 0.388. The van der Waals surface area contributed by atoms with E-state index in [0.717, 1.165) is 26.2 Å². The molecule has 74 valence electrons. The Morgan fingerprint density at radius 1 is 1.38 bits per heavy atom. The van der Waals surface area contributed by atoms with Crippen molar-refractivity contribution in [3.63, 3.8) is 0 Å². The van der Waals surface area contributed by atoms with Gasteiger partial charge in [0.05, 0.1) is 0 Å². The van der Waals surface area contributed by atoms with Gasteiger partial charge < -0.3 is 15.3 Å². The second kappa shape index (κ2) is 3.51. The fourth-order valence-electron chi connectivity index (χ4n) is 2.05. The first-order chi connectivity index (χ1) is 6.27. The van der Waals surface area contributed by atoms with Crippen molar-refractivity contribution in [2.75, 3.05) is 39.3 Å². The highest BCUT2D eigenvalue weighted by Gasteiger charge is 2.30. The third-order valence-corrected chi connectivity index (χ3v) is 2.83. The number of rotatable bonds is 0. The van der Waals surface area contributed by atoms with Gasteiger partial charge >= 0.3 is 6.09 Å². The van der Waals surface area contributed by atoms with Crippen molar-refractivity contribution in [1.29, 1.82) is 0 Å². The number of nitrogens with one attached hydrogen (secondary N) is 1. The SMILES string of the molecule is O=C(O)N1CCN2CCNCC2C1. The molecule has 0 aromatic heterocycles. The van der Waals surface area contributed by atoms with E-state index in [4.69, 9.17) is 5.11 Å². The summed E-state index contributed by atoms with van der Waals surface area (Å²) in [5, 5.41) is 12.1. The minimum absolute atomic E-state index is 0.388. The van der Waals surface area contributed by atoms with Crippen LogP contribution in [0.4, 0.5) is 4.79 Å².